The van der Waals surface area contributed by atoms with Crippen LogP contribution in [0.2, 0.25) is 0 Å². The van der Waals surface area contributed by atoms with Gasteiger partial charge in [-0.3, -0.25) is 9.80 Å². The van der Waals surface area contributed by atoms with Gasteiger partial charge < -0.3 is 19.5 Å². The van der Waals surface area contributed by atoms with Gasteiger partial charge in [-0.25, -0.2) is 9.59 Å². The molecule has 1 aromatic carbocycles. The van der Waals surface area contributed by atoms with Gasteiger partial charge in [-0.1, -0.05) is 19.3 Å². The maximum atomic E-state index is 13.2. The van der Waals surface area contributed by atoms with Crippen molar-refractivity contribution in [2.24, 2.45) is 0 Å². The van der Waals surface area contributed by atoms with Crippen LogP contribution in [-0.2, 0) is 9.53 Å². The van der Waals surface area contributed by atoms with E-state index < -0.39 is 12.0 Å². The van der Waals surface area contributed by atoms with E-state index in [4.69, 9.17) is 14.2 Å². The average Bonchev–Trinajstić information content (AvgIpc) is 2.81. The van der Waals surface area contributed by atoms with Gasteiger partial charge in [-0.15, -0.1) is 0 Å². The van der Waals surface area contributed by atoms with Crippen LogP contribution in [-0.4, -0.2) is 69.3 Å². The summed E-state index contributed by atoms with van der Waals surface area (Å²) in [5.41, 5.74) is 1.72. The summed E-state index contributed by atoms with van der Waals surface area (Å²) >= 11 is 0. The summed E-state index contributed by atoms with van der Waals surface area (Å²) in [6.07, 6.45) is 5.93. The number of nitrogens with one attached hydrogen (secondary N) is 1. The molecule has 1 atom stereocenters. The number of hydrogen-bond donors (Lipinski definition) is 1. The Bertz CT molecular complexity index is 863. The predicted octanol–water partition coefficient (Wildman–Crippen LogP) is 3.48. The van der Waals surface area contributed by atoms with Crippen molar-refractivity contribution in [2.45, 2.75) is 51.1 Å². The first kappa shape index (κ1) is 23.9. The minimum absolute atomic E-state index is 0.244. The van der Waals surface area contributed by atoms with Crippen LogP contribution in [0.1, 0.15) is 50.6 Å². The van der Waals surface area contributed by atoms with E-state index in [0.717, 1.165) is 12.8 Å². The molecular weight excluding hydrogens is 410 g/mol. The van der Waals surface area contributed by atoms with E-state index in [1.807, 2.05) is 0 Å². The number of rotatable bonds is 8. The fourth-order valence-corrected chi connectivity index (χ4v) is 4.58. The molecule has 1 N–H and O–H groups in total. The summed E-state index contributed by atoms with van der Waals surface area (Å²) in [5.74, 6) is 0.724. The minimum atomic E-state index is -0.711. The SMILES string of the molecule is CCOC(=O)C1=C(CN(C)C2CCCCC2)N(C)C(=O)NC1c1cc(OC)ccc1OC. The van der Waals surface area contributed by atoms with Crippen LogP contribution in [0.3, 0.4) is 0 Å². The highest BCUT2D eigenvalue weighted by atomic mass is 16.5. The molecule has 2 amide bonds. The second-order valence-corrected chi connectivity index (χ2v) is 8.34. The zero-order valence-corrected chi connectivity index (χ0v) is 19.8. The zero-order chi connectivity index (χ0) is 23.3. The molecule has 1 heterocycles. The Morgan fingerprint density at radius 3 is 2.53 bits per heavy atom. The van der Waals surface area contributed by atoms with Gasteiger partial charge in [-0.2, -0.15) is 0 Å². The fraction of sp³-hybridized carbons (Fsp3) is 0.583. The van der Waals surface area contributed by atoms with Gasteiger partial charge in [0.15, 0.2) is 0 Å². The molecule has 8 nitrogen and oxygen atoms in total. The highest BCUT2D eigenvalue weighted by Crippen LogP contribution is 2.38. The average molecular weight is 446 g/mol. The van der Waals surface area contributed by atoms with Crippen molar-refractivity contribution in [3.63, 3.8) is 0 Å². The molecule has 1 fully saturated rings. The maximum Gasteiger partial charge on any atom is 0.338 e. The largest absolute Gasteiger partial charge is 0.497 e. The summed E-state index contributed by atoms with van der Waals surface area (Å²) in [5, 5.41) is 2.95. The third kappa shape index (κ3) is 5.01. The van der Waals surface area contributed by atoms with Crippen molar-refractivity contribution in [3.05, 3.63) is 35.0 Å². The summed E-state index contributed by atoms with van der Waals surface area (Å²) in [6, 6.07) is 4.79. The van der Waals surface area contributed by atoms with Crippen LogP contribution in [0, 0.1) is 0 Å². The van der Waals surface area contributed by atoms with Crippen molar-refractivity contribution in [1.29, 1.82) is 0 Å². The number of urea groups is 1. The molecular formula is C24H35N3O5. The van der Waals surface area contributed by atoms with Crippen molar-refractivity contribution >= 4 is 12.0 Å². The van der Waals surface area contributed by atoms with Gasteiger partial charge >= 0.3 is 12.0 Å². The Balaban J connectivity index is 2.09. The highest BCUT2D eigenvalue weighted by Gasteiger charge is 2.39. The van der Waals surface area contributed by atoms with E-state index in [-0.39, 0.29) is 12.6 Å². The van der Waals surface area contributed by atoms with Gasteiger partial charge in [0.2, 0.25) is 0 Å². The summed E-state index contributed by atoms with van der Waals surface area (Å²) in [4.78, 5) is 29.9. The van der Waals surface area contributed by atoms with Crippen LogP contribution in [0.15, 0.2) is 29.5 Å². The zero-order valence-electron chi connectivity index (χ0n) is 19.8. The van der Waals surface area contributed by atoms with Gasteiger partial charge in [0, 0.05) is 30.9 Å². The van der Waals surface area contributed by atoms with Gasteiger partial charge in [-0.05, 0) is 45.0 Å². The number of ether oxygens (including phenoxy) is 3. The van der Waals surface area contributed by atoms with Crippen LogP contribution >= 0.6 is 0 Å². The number of methoxy groups -OCH3 is 2. The number of amides is 2. The smallest absolute Gasteiger partial charge is 0.338 e. The topological polar surface area (TPSA) is 80.3 Å². The molecule has 0 radical (unpaired) electrons. The lowest BCUT2D eigenvalue weighted by molar-refractivity contribution is -0.139. The molecule has 1 aliphatic carbocycles. The number of carbonyl (C=O) groups is 2. The second-order valence-electron chi connectivity index (χ2n) is 8.34. The van der Waals surface area contributed by atoms with E-state index >= 15 is 0 Å². The molecule has 8 heteroatoms. The number of benzene rings is 1. The number of hydrogen-bond acceptors (Lipinski definition) is 6. The van der Waals surface area contributed by atoms with Crippen LogP contribution in [0.5, 0.6) is 11.5 Å². The number of esters is 1. The molecule has 176 valence electrons. The third-order valence-corrected chi connectivity index (χ3v) is 6.42. The lowest BCUT2D eigenvalue weighted by Gasteiger charge is -2.38. The first-order valence-corrected chi connectivity index (χ1v) is 11.3. The molecule has 0 bridgehead atoms. The Morgan fingerprint density at radius 1 is 1.19 bits per heavy atom. The standard InChI is InChI=1S/C24H35N3O5/c1-6-32-23(28)21-19(15-26(2)16-10-8-7-9-11-16)27(3)24(29)25-22(21)18-14-17(30-4)12-13-20(18)31-5/h12-14,16,22H,6-11,15H2,1-5H3,(H,25,29). The molecule has 1 aromatic rings. The molecule has 32 heavy (non-hydrogen) atoms. The molecule has 1 saturated carbocycles. The Kier molecular flexibility index (Phi) is 8.01. The maximum absolute atomic E-state index is 13.2. The molecule has 0 spiro atoms. The lowest BCUT2D eigenvalue weighted by Crippen LogP contribution is -2.50. The molecule has 2 aliphatic rings. The summed E-state index contributed by atoms with van der Waals surface area (Å²) in [7, 11) is 6.89. The second kappa shape index (κ2) is 10.7. The van der Waals surface area contributed by atoms with Gasteiger partial charge in [0.05, 0.1) is 32.4 Å². The third-order valence-electron chi connectivity index (χ3n) is 6.42. The van der Waals surface area contributed by atoms with Crippen molar-refractivity contribution in [3.8, 4) is 11.5 Å². The van der Waals surface area contributed by atoms with E-state index in [2.05, 4.69) is 17.3 Å². The number of carbonyl (C=O) groups excluding carboxylic acids is 2. The van der Waals surface area contributed by atoms with Crippen molar-refractivity contribution in [1.82, 2.24) is 15.1 Å². The lowest BCUT2D eigenvalue weighted by atomic mass is 9.92. The van der Waals surface area contributed by atoms with E-state index in [0.29, 0.717) is 40.9 Å². The fourth-order valence-electron chi connectivity index (χ4n) is 4.58. The molecule has 0 aromatic heterocycles. The van der Waals surface area contributed by atoms with Crippen LogP contribution < -0.4 is 14.8 Å². The van der Waals surface area contributed by atoms with E-state index in [1.54, 1.807) is 46.4 Å². The Morgan fingerprint density at radius 2 is 1.91 bits per heavy atom. The number of nitrogens with zero attached hydrogens (tertiary/aromatic N) is 2. The highest BCUT2D eigenvalue weighted by molar-refractivity contribution is 5.95. The Labute approximate surface area is 190 Å². The molecule has 0 saturated heterocycles. The van der Waals surface area contributed by atoms with Crippen LogP contribution in [0.25, 0.3) is 0 Å². The van der Waals surface area contributed by atoms with E-state index in [9.17, 15) is 9.59 Å². The monoisotopic (exact) mass is 445 g/mol. The van der Waals surface area contributed by atoms with Crippen molar-refractivity contribution < 1.29 is 23.8 Å². The summed E-state index contributed by atoms with van der Waals surface area (Å²) < 4.78 is 16.4. The molecule has 1 unspecified atom stereocenters. The first-order chi connectivity index (χ1) is 15.4. The normalized spacial score (nSPS) is 19.8. The van der Waals surface area contributed by atoms with Crippen molar-refractivity contribution in [2.75, 3.05) is 41.5 Å². The quantitative estimate of drug-likeness (QED) is 0.617. The predicted molar refractivity (Wildman–Crippen MR) is 122 cm³/mol. The summed E-state index contributed by atoms with van der Waals surface area (Å²) in [6.45, 7) is 2.50. The van der Waals surface area contributed by atoms with Crippen LogP contribution in [0.4, 0.5) is 4.79 Å². The molecule has 1 aliphatic heterocycles. The molecule has 3 rings (SSSR count). The number of likely N-dealkylation sites (N-methyl/N-ethyl adjacent to an activating group) is 2. The minimum Gasteiger partial charge on any atom is -0.497 e. The van der Waals surface area contributed by atoms with Gasteiger partial charge in [0.1, 0.15) is 11.5 Å². The first-order valence-electron chi connectivity index (χ1n) is 11.3. The Hall–Kier alpha value is -2.74. The van der Waals surface area contributed by atoms with E-state index in [1.165, 1.54) is 24.2 Å². The van der Waals surface area contributed by atoms with Gasteiger partial charge in [0.25, 0.3) is 0 Å².